The molecule has 0 bridgehead atoms. The molecule has 0 spiro atoms. The van der Waals surface area contributed by atoms with Gasteiger partial charge in [0.15, 0.2) is 0 Å². The summed E-state index contributed by atoms with van der Waals surface area (Å²) in [6.45, 7) is 6.88. The molecule has 0 aliphatic heterocycles. The van der Waals surface area contributed by atoms with Gasteiger partial charge >= 0.3 is 0 Å². The maximum Gasteiger partial charge on any atom is 0.0105 e. The zero-order valence-corrected chi connectivity index (χ0v) is 9.67. The van der Waals surface area contributed by atoms with E-state index in [2.05, 4.69) is 11.8 Å². The molecule has 3 nitrogen and oxygen atoms in total. The zero-order chi connectivity index (χ0) is 10.6. The molecular formula is C11H27N3. The molecule has 0 aliphatic rings. The molecule has 0 amide bonds. The van der Waals surface area contributed by atoms with Crippen molar-refractivity contribution in [2.75, 3.05) is 32.7 Å². The lowest BCUT2D eigenvalue weighted by Gasteiger charge is -2.20. The van der Waals surface area contributed by atoms with Gasteiger partial charge < -0.3 is 16.4 Å². The minimum Gasteiger partial charge on any atom is -0.329 e. The Kier molecular flexibility index (Phi) is 10.9. The normalized spacial score (nSPS) is 11.1. The summed E-state index contributed by atoms with van der Waals surface area (Å²) in [7, 11) is 0. The highest BCUT2D eigenvalue weighted by Gasteiger charge is 2.01. The van der Waals surface area contributed by atoms with Crippen molar-refractivity contribution in [2.45, 2.75) is 39.0 Å². The Balaban J connectivity index is 3.30. The van der Waals surface area contributed by atoms with Crippen molar-refractivity contribution in [2.24, 2.45) is 11.5 Å². The van der Waals surface area contributed by atoms with Crippen molar-refractivity contribution < 1.29 is 0 Å². The van der Waals surface area contributed by atoms with Crippen LogP contribution in [0.2, 0.25) is 0 Å². The first-order valence-electron chi connectivity index (χ1n) is 5.97. The highest BCUT2D eigenvalue weighted by molar-refractivity contribution is 4.59. The van der Waals surface area contributed by atoms with Crippen LogP contribution in [0.1, 0.15) is 39.0 Å². The second-order valence-corrected chi connectivity index (χ2v) is 3.83. The number of nitrogens with zero attached hydrogens (tertiary/aromatic N) is 1. The van der Waals surface area contributed by atoms with Gasteiger partial charge in [-0.25, -0.2) is 0 Å². The van der Waals surface area contributed by atoms with E-state index in [1.165, 1.54) is 32.1 Å². The Labute approximate surface area is 88.8 Å². The van der Waals surface area contributed by atoms with Crippen LogP contribution in [0, 0.1) is 0 Å². The molecule has 0 aromatic rings. The van der Waals surface area contributed by atoms with Gasteiger partial charge in [0.2, 0.25) is 0 Å². The molecule has 0 saturated carbocycles. The SMILES string of the molecule is CCCCCCCN(CCN)CCN. The third kappa shape index (κ3) is 8.48. The van der Waals surface area contributed by atoms with Gasteiger partial charge in [-0.15, -0.1) is 0 Å². The predicted octanol–water partition coefficient (Wildman–Crippen LogP) is 1.18. The van der Waals surface area contributed by atoms with Crippen molar-refractivity contribution in [1.29, 1.82) is 0 Å². The topological polar surface area (TPSA) is 55.3 Å². The van der Waals surface area contributed by atoms with E-state index in [0.717, 1.165) is 32.7 Å². The van der Waals surface area contributed by atoms with Crippen molar-refractivity contribution in [3.63, 3.8) is 0 Å². The predicted molar refractivity (Wildman–Crippen MR) is 63.3 cm³/mol. The van der Waals surface area contributed by atoms with E-state index in [1.807, 2.05) is 0 Å². The molecule has 0 aliphatic carbocycles. The molecule has 14 heavy (non-hydrogen) atoms. The van der Waals surface area contributed by atoms with E-state index in [-0.39, 0.29) is 0 Å². The number of rotatable bonds is 10. The van der Waals surface area contributed by atoms with E-state index >= 15 is 0 Å². The average Bonchev–Trinajstić information content (AvgIpc) is 2.18. The van der Waals surface area contributed by atoms with E-state index in [4.69, 9.17) is 11.5 Å². The van der Waals surface area contributed by atoms with E-state index in [0.29, 0.717) is 0 Å². The summed E-state index contributed by atoms with van der Waals surface area (Å²) in [4.78, 5) is 2.37. The molecular weight excluding hydrogens is 174 g/mol. The lowest BCUT2D eigenvalue weighted by atomic mass is 10.1. The molecule has 0 heterocycles. The number of nitrogens with two attached hydrogens (primary N) is 2. The molecule has 4 N–H and O–H groups in total. The highest BCUT2D eigenvalue weighted by Crippen LogP contribution is 2.03. The molecule has 0 atom stereocenters. The number of hydrogen-bond acceptors (Lipinski definition) is 3. The summed E-state index contributed by atoms with van der Waals surface area (Å²) in [5.41, 5.74) is 11.1. The Morgan fingerprint density at radius 3 is 1.86 bits per heavy atom. The minimum atomic E-state index is 0.745. The smallest absolute Gasteiger partial charge is 0.0105 e. The maximum absolute atomic E-state index is 5.53. The Hall–Kier alpha value is -0.120. The first kappa shape index (κ1) is 13.9. The lowest BCUT2D eigenvalue weighted by molar-refractivity contribution is 0.281. The van der Waals surface area contributed by atoms with Crippen LogP contribution in [0.4, 0.5) is 0 Å². The quantitative estimate of drug-likeness (QED) is 0.522. The second kappa shape index (κ2) is 11.0. The largest absolute Gasteiger partial charge is 0.329 e. The molecule has 3 heteroatoms. The molecule has 86 valence electrons. The third-order valence-corrected chi connectivity index (χ3v) is 2.47. The maximum atomic E-state index is 5.53. The Bertz CT molecular complexity index is 101. The first-order valence-corrected chi connectivity index (χ1v) is 5.97. The van der Waals surface area contributed by atoms with E-state index in [9.17, 15) is 0 Å². The van der Waals surface area contributed by atoms with Crippen molar-refractivity contribution in [1.82, 2.24) is 4.90 Å². The van der Waals surface area contributed by atoms with Crippen molar-refractivity contribution >= 4 is 0 Å². The molecule has 0 rings (SSSR count). The number of hydrogen-bond donors (Lipinski definition) is 2. The van der Waals surface area contributed by atoms with Gasteiger partial charge in [0, 0.05) is 26.2 Å². The summed E-state index contributed by atoms with van der Waals surface area (Å²) < 4.78 is 0. The standard InChI is InChI=1S/C11H27N3/c1-2-3-4-5-6-9-14(10-7-12)11-8-13/h2-13H2,1H3. The summed E-state index contributed by atoms with van der Waals surface area (Å²) in [5.74, 6) is 0. The minimum absolute atomic E-state index is 0.745. The summed E-state index contributed by atoms with van der Waals surface area (Å²) >= 11 is 0. The van der Waals surface area contributed by atoms with Crippen LogP contribution in [-0.2, 0) is 0 Å². The van der Waals surface area contributed by atoms with Crippen molar-refractivity contribution in [3.05, 3.63) is 0 Å². The van der Waals surface area contributed by atoms with Gasteiger partial charge in [-0.3, -0.25) is 0 Å². The second-order valence-electron chi connectivity index (χ2n) is 3.83. The van der Waals surface area contributed by atoms with Crippen LogP contribution < -0.4 is 11.5 Å². The van der Waals surface area contributed by atoms with Crippen LogP contribution in [0.25, 0.3) is 0 Å². The van der Waals surface area contributed by atoms with Gasteiger partial charge in [-0.05, 0) is 13.0 Å². The first-order chi connectivity index (χ1) is 6.85. The Morgan fingerprint density at radius 1 is 0.786 bits per heavy atom. The van der Waals surface area contributed by atoms with Crippen LogP contribution >= 0.6 is 0 Å². The van der Waals surface area contributed by atoms with E-state index < -0.39 is 0 Å². The average molecular weight is 201 g/mol. The van der Waals surface area contributed by atoms with Gasteiger partial charge in [0.05, 0.1) is 0 Å². The van der Waals surface area contributed by atoms with Gasteiger partial charge in [-0.2, -0.15) is 0 Å². The fraction of sp³-hybridized carbons (Fsp3) is 1.00. The van der Waals surface area contributed by atoms with Gasteiger partial charge in [0.25, 0.3) is 0 Å². The molecule has 0 saturated heterocycles. The van der Waals surface area contributed by atoms with Crippen LogP contribution in [-0.4, -0.2) is 37.6 Å². The lowest BCUT2D eigenvalue weighted by Crippen LogP contribution is -2.34. The fourth-order valence-electron chi connectivity index (χ4n) is 1.64. The molecule has 0 aromatic carbocycles. The van der Waals surface area contributed by atoms with Crippen molar-refractivity contribution in [3.8, 4) is 0 Å². The molecule has 0 unspecified atom stereocenters. The van der Waals surface area contributed by atoms with Gasteiger partial charge in [-0.1, -0.05) is 32.6 Å². The fourth-order valence-corrected chi connectivity index (χ4v) is 1.64. The molecule has 0 radical (unpaired) electrons. The van der Waals surface area contributed by atoms with Gasteiger partial charge in [0.1, 0.15) is 0 Å². The van der Waals surface area contributed by atoms with Crippen LogP contribution in [0.5, 0.6) is 0 Å². The van der Waals surface area contributed by atoms with E-state index in [1.54, 1.807) is 0 Å². The summed E-state index contributed by atoms with van der Waals surface area (Å²) in [5, 5.41) is 0. The van der Waals surface area contributed by atoms with Crippen LogP contribution in [0.15, 0.2) is 0 Å². The summed E-state index contributed by atoms with van der Waals surface area (Å²) in [6.07, 6.45) is 6.69. The number of unbranched alkanes of at least 4 members (excludes halogenated alkanes) is 4. The van der Waals surface area contributed by atoms with Crippen LogP contribution in [0.3, 0.4) is 0 Å². The summed E-state index contributed by atoms with van der Waals surface area (Å²) in [6, 6.07) is 0. The molecule has 0 aromatic heterocycles. The Morgan fingerprint density at radius 2 is 1.36 bits per heavy atom. The monoisotopic (exact) mass is 201 g/mol. The zero-order valence-electron chi connectivity index (χ0n) is 9.67. The highest BCUT2D eigenvalue weighted by atomic mass is 15.1. The third-order valence-electron chi connectivity index (χ3n) is 2.47. The molecule has 0 fully saturated rings.